The molecule has 2 atom stereocenters. The fraction of sp³-hybridized carbons (Fsp3) is 0.833. The molecule has 2 unspecified atom stereocenters. The van der Waals surface area contributed by atoms with E-state index in [9.17, 15) is 9.59 Å². The van der Waals surface area contributed by atoms with Crippen molar-refractivity contribution in [1.82, 2.24) is 0 Å². The Hall–Kier alpha value is -0.360. The van der Waals surface area contributed by atoms with Crippen LogP contribution >= 0.6 is 23.5 Å². The Morgan fingerprint density at radius 2 is 1.22 bits per heavy atom. The highest BCUT2D eigenvalue weighted by Crippen LogP contribution is 2.25. The SMILES string of the molecule is CCSC(COC(C)=O)C(COC(C)=O)SCC. The van der Waals surface area contributed by atoms with Gasteiger partial charge in [-0.05, 0) is 11.5 Å². The maximum atomic E-state index is 10.9. The molecular weight excluding hydrogens is 272 g/mol. The topological polar surface area (TPSA) is 52.6 Å². The molecule has 4 nitrogen and oxygen atoms in total. The summed E-state index contributed by atoms with van der Waals surface area (Å²) in [6.45, 7) is 7.67. The molecule has 0 bridgehead atoms. The molecule has 0 saturated heterocycles. The van der Waals surface area contributed by atoms with Crippen molar-refractivity contribution in [3.8, 4) is 0 Å². The van der Waals surface area contributed by atoms with Gasteiger partial charge in [0.05, 0.1) is 10.5 Å². The summed E-state index contributed by atoms with van der Waals surface area (Å²) in [6.07, 6.45) is 0. The van der Waals surface area contributed by atoms with Crippen LogP contribution in [0.25, 0.3) is 0 Å². The van der Waals surface area contributed by atoms with Gasteiger partial charge in [-0.3, -0.25) is 9.59 Å². The number of carbonyl (C=O) groups is 2. The van der Waals surface area contributed by atoms with Gasteiger partial charge in [0.2, 0.25) is 0 Å². The normalized spacial score (nSPS) is 13.8. The molecule has 0 rings (SSSR count). The number of hydrogen-bond donors (Lipinski definition) is 0. The van der Waals surface area contributed by atoms with Crippen LogP contribution in [0.2, 0.25) is 0 Å². The van der Waals surface area contributed by atoms with E-state index in [-0.39, 0.29) is 22.4 Å². The van der Waals surface area contributed by atoms with Gasteiger partial charge in [-0.15, -0.1) is 0 Å². The van der Waals surface area contributed by atoms with Crippen LogP contribution in [-0.4, -0.2) is 47.2 Å². The summed E-state index contributed by atoms with van der Waals surface area (Å²) in [4.78, 5) is 21.8. The molecule has 0 N–H and O–H groups in total. The van der Waals surface area contributed by atoms with Gasteiger partial charge in [0.15, 0.2) is 0 Å². The third kappa shape index (κ3) is 8.69. The van der Waals surface area contributed by atoms with E-state index in [2.05, 4.69) is 13.8 Å². The highest BCUT2D eigenvalue weighted by molar-refractivity contribution is 8.03. The van der Waals surface area contributed by atoms with Crippen LogP contribution in [0, 0.1) is 0 Å². The number of esters is 2. The Morgan fingerprint density at radius 3 is 1.44 bits per heavy atom. The Kier molecular flexibility index (Phi) is 10.3. The van der Waals surface area contributed by atoms with Crippen LogP contribution in [0.3, 0.4) is 0 Å². The molecule has 6 heteroatoms. The van der Waals surface area contributed by atoms with E-state index in [0.29, 0.717) is 13.2 Å². The van der Waals surface area contributed by atoms with E-state index in [1.165, 1.54) is 13.8 Å². The van der Waals surface area contributed by atoms with E-state index in [1.54, 1.807) is 23.5 Å². The highest BCUT2D eigenvalue weighted by Gasteiger charge is 2.24. The fourth-order valence-electron chi connectivity index (χ4n) is 1.35. The third-order valence-electron chi connectivity index (χ3n) is 2.08. The van der Waals surface area contributed by atoms with Gasteiger partial charge < -0.3 is 9.47 Å². The maximum Gasteiger partial charge on any atom is 0.302 e. The fourth-order valence-corrected chi connectivity index (χ4v) is 3.60. The number of rotatable bonds is 9. The van der Waals surface area contributed by atoms with Gasteiger partial charge in [-0.25, -0.2) is 0 Å². The van der Waals surface area contributed by atoms with Crippen LogP contribution in [0.5, 0.6) is 0 Å². The average molecular weight is 294 g/mol. The summed E-state index contributed by atoms with van der Waals surface area (Å²) in [5, 5.41) is 0.311. The zero-order valence-electron chi connectivity index (χ0n) is 11.4. The van der Waals surface area contributed by atoms with Crippen LogP contribution in [-0.2, 0) is 19.1 Å². The van der Waals surface area contributed by atoms with Gasteiger partial charge in [-0.2, -0.15) is 23.5 Å². The van der Waals surface area contributed by atoms with Gasteiger partial charge >= 0.3 is 11.9 Å². The number of hydrogen-bond acceptors (Lipinski definition) is 6. The lowest BCUT2D eigenvalue weighted by Gasteiger charge is -2.24. The largest absolute Gasteiger partial charge is 0.465 e. The van der Waals surface area contributed by atoms with Crippen molar-refractivity contribution < 1.29 is 19.1 Å². The summed E-state index contributed by atoms with van der Waals surface area (Å²) in [5.41, 5.74) is 0. The molecule has 0 aromatic heterocycles. The molecular formula is C12H22O4S2. The van der Waals surface area contributed by atoms with E-state index >= 15 is 0 Å². The average Bonchev–Trinajstić information content (AvgIpc) is 2.29. The standard InChI is InChI=1S/C12H22O4S2/c1-5-17-11(7-15-9(3)13)12(18-6-2)8-16-10(4)14/h11-12H,5-8H2,1-4H3. The predicted octanol–water partition coefficient (Wildman–Crippen LogP) is 2.36. The molecule has 0 saturated carbocycles. The summed E-state index contributed by atoms with van der Waals surface area (Å²) in [6, 6.07) is 0. The van der Waals surface area contributed by atoms with Crippen molar-refractivity contribution in [1.29, 1.82) is 0 Å². The molecule has 0 radical (unpaired) electrons. The number of ether oxygens (including phenoxy) is 2. The molecule has 0 aliphatic heterocycles. The lowest BCUT2D eigenvalue weighted by molar-refractivity contribution is -0.143. The van der Waals surface area contributed by atoms with Crippen LogP contribution in [0.15, 0.2) is 0 Å². The zero-order chi connectivity index (χ0) is 14.0. The van der Waals surface area contributed by atoms with Gasteiger partial charge in [-0.1, -0.05) is 13.8 Å². The summed E-state index contributed by atoms with van der Waals surface area (Å²) < 4.78 is 10.2. The summed E-state index contributed by atoms with van der Waals surface area (Å²) in [7, 11) is 0. The smallest absolute Gasteiger partial charge is 0.302 e. The first kappa shape index (κ1) is 17.6. The molecule has 0 aromatic carbocycles. The van der Waals surface area contributed by atoms with Gasteiger partial charge in [0.1, 0.15) is 13.2 Å². The second-order valence-electron chi connectivity index (χ2n) is 3.59. The quantitative estimate of drug-likeness (QED) is 0.609. The molecule has 0 aromatic rings. The highest BCUT2D eigenvalue weighted by atomic mass is 32.2. The second-order valence-corrected chi connectivity index (χ2v) is 6.63. The lowest BCUT2D eigenvalue weighted by atomic mass is 10.3. The van der Waals surface area contributed by atoms with Gasteiger partial charge in [0, 0.05) is 13.8 Å². The van der Waals surface area contributed by atoms with E-state index < -0.39 is 0 Å². The van der Waals surface area contributed by atoms with Crippen molar-refractivity contribution in [2.75, 3.05) is 24.7 Å². The Balaban J connectivity index is 4.42. The van der Waals surface area contributed by atoms with Crippen LogP contribution in [0.4, 0.5) is 0 Å². The molecule has 0 amide bonds. The summed E-state index contributed by atoms with van der Waals surface area (Å²) >= 11 is 3.46. The molecule has 0 aliphatic rings. The maximum absolute atomic E-state index is 10.9. The molecule has 18 heavy (non-hydrogen) atoms. The first-order valence-electron chi connectivity index (χ1n) is 6.01. The van der Waals surface area contributed by atoms with Crippen molar-refractivity contribution in [3.63, 3.8) is 0 Å². The minimum Gasteiger partial charge on any atom is -0.465 e. The van der Waals surface area contributed by atoms with E-state index in [0.717, 1.165) is 11.5 Å². The molecule has 106 valence electrons. The van der Waals surface area contributed by atoms with Crippen molar-refractivity contribution in [3.05, 3.63) is 0 Å². The first-order valence-corrected chi connectivity index (χ1v) is 8.10. The Labute approximate surface area is 118 Å². The second kappa shape index (κ2) is 10.6. The molecule has 0 aliphatic carbocycles. The predicted molar refractivity (Wildman–Crippen MR) is 77.1 cm³/mol. The van der Waals surface area contributed by atoms with Gasteiger partial charge in [0.25, 0.3) is 0 Å². The minimum absolute atomic E-state index is 0.156. The zero-order valence-corrected chi connectivity index (χ0v) is 13.1. The monoisotopic (exact) mass is 294 g/mol. The van der Waals surface area contributed by atoms with Crippen molar-refractivity contribution in [2.24, 2.45) is 0 Å². The molecule has 0 spiro atoms. The number of thioether (sulfide) groups is 2. The van der Waals surface area contributed by atoms with E-state index in [1.807, 2.05) is 0 Å². The Bertz CT molecular complexity index is 232. The Morgan fingerprint density at radius 1 is 0.889 bits per heavy atom. The van der Waals surface area contributed by atoms with Crippen LogP contribution in [0.1, 0.15) is 27.7 Å². The lowest BCUT2D eigenvalue weighted by Crippen LogP contribution is -2.31. The number of carbonyl (C=O) groups excluding carboxylic acids is 2. The van der Waals surface area contributed by atoms with Crippen molar-refractivity contribution >= 4 is 35.5 Å². The third-order valence-corrected chi connectivity index (χ3v) is 4.70. The van der Waals surface area contributed by atoms with Crippen LogP contribution < -0.4 is 0 Å². The molecule has 0 heterocycles. The summed E-state index contributed by atoms with van der Waals surface area (Å²) in [5.74, 6) is 1.33. The minimum atomic E-state index is -0.274. The molecule has 0 fully saturated rings. The van der Waals surface area contributed by atoms with Crippen molar-refractivity contribution in [2.45, 2.75) is 38.2 Å². The van der Waals surface area contributed by atoms with E-state index in [4.69, 9.17) is 9.47 Å². The first-order chi connectivity index (χ1) is 8.51.